The molecule has 0 bridgehead atoms. The minimum absolute atomic E-state index is 0.0489. The number of carbonyl (C=O) groups is 1. The molecule has 0 unspecified atom stereocenters. The topological polar surface area (TPSA) is 75.3 Å². The molecular formula is C17H18F2N2O3S. The molecule has 1 amide bonds. The molecule has 0 spiro atoms. The Bertz CT molecular complexity index is 889. The number of anilines is 1. The molecule has 8 heteroatoms. The van der Waals surface area contributed by atoms with Crippen LogP contribution in [0.15, 0.2) is 41.3 Å². The van der Waals surface area contributed by atoms with E-state index in [2.05, 4.69) is 10.0 Å². The number of sulfonamides is 1. The van der Waals surface area contributed by atoms with Gasteiger partial charge in [0.15, 0.2) is 11.6 Å². The Hall–Kier alpha value is -2.32. The highest BCUT2D eigenvalue weighted by molar-refractivity contribution is 7.89. The second kappa shape index (κ2) is 7.28. The predicted octanol–water partition coefficient (Wildman–Crippen LogP) is 3.21. The fraction of sp³-hybridized carbons (Fsp3) is 0.235. The average molecular weight is 368 g/mol. The van der Waals surface area contributed by atoms with Crippen LogP contribution in [0.4, 0.5) is 14.5 Å². The molecule has 0 aliphatic carbocycles. The molecule has 2 aromatic rings. The normalized spacial score (nSPS) is 11.6. The molecule has 2 N–H and O–H groups in total. The van der Waals surface area contributed by atoms with E-state index < -0.39 is 27.6 Å². The summed E-state index contributed by atoms with van der Waals surface area (Å²) in [6.07, 6.45) is 0. The molecule has 25 heavy (non-hydrogen) atoms. The summed E-state index contributed by atoms with van der Waals surface area (Å²) in [5, 5.41) is 2.43. The summed E-state index contributed by atoms with van der Waals surface area (Å²) >= 11 is 0. The quantitative estimate of drug-likeness (QED) is 0.851. The van der Waals surface area contributed by atoms with Crippen LogP contribution in [0.2, 0.25) is 0 Å². The molecule has 0 saturated carbocycles. The van der Waals surface area contributed by atoms with Crippen LogP contribution in [0, 0.1) is 18.6 Å². The van der Waals surface area contributed by atoms with Gasteiger partial charge in [-0.1, -0.05) is 6.07 Å². The SMILES string of the molecule is Cc1cc(NC(=O)c2cccc(S(=O)(=O)NC(C)C)c2)cc(F)c1F. The summed E-state index contributed by atoms with van der Waals surface area (Å²) in [5.41, 5.74) is 0.205. The monoisotopic (exact) mass is 368 g/mol. The van der Waals surface area contributed by atoms with Crippen molar-refractivity contribution >= 4 is 21.6 Å². The fourth-order valence-corrected chi connectivity index (χ4v) is 3.48. The van der Waals surface area contributed by atoms with Gasteiger partial charge in [-0.25, -0.2) is 21.9 Å². The summed E-state index contributed by atoms with van der Waals surface area (Å²) < 4.78 is 53.5. The van der Waals surface area contributed by atoms with E-state index in [-0.39, 0.29) is 27.8 Å². The summed E-state index contributed by atoms with van der Waals surface area (Å²) in [5.74, 6) is -2.69. The minimum atomic E-state index is -3.75. The lowest BCUT2D eigenvalue weighted by atomic mass is 10.1. The molecule has 0 fully saturated rings. The van der Waals surface area contributed by atoms with Crippen LogP contribution >= 0.6 is 0 Å². The molecule has 134 valence electrons. The first-order valence-corrected chi connectivity index (χ1v) is 8.98. The highest BCUT2D eigenvalue weighted by Gasteiger charge is 2.18. The zero-order valence-corrected chi connectivity index (χ0v) is 14.7. The van der Waals surface area contributed by atoms with Gasteiger partial charge in [-0.05, 0) is 50.6 Å². The molecule has 0 aliphatic heterocycles. The van der Waals surface area contributed by atoms with Gasteiger partial charge in [-0.3, -0.25) is 4.79 Å². The van der Waals surface area contributed by atoms with Crippen LogP contribution in [-0.4, -0.2) is 20.4 Å². The maximum Gasteiger partial charge on any atom is 0.255 e. The van der Waals surface area contributed by atoms with E-state index in [1.165, 1.54) is 37.3 Å². The van der Waals surface area contributed by atoms with Gasteiger partial charge in [0.2, 0.25) is 10.0 Å². The van der Waals surface area contributed by atoms with E-state index in [0.29, 0.717) is 0 Å². The fourth-order valence-electron chi connectivity index (χ4n) is 2.18. The zero-order valence-electron chi connectivity index (χ0n) is 13.9. The standard InChI is InChI=1S/C17H18F2N2O3S/c1-10(2)21-25(23,24)14-6-4-5-12(8-14)17(22)20-13-7-11(3)16(19)15(18)9-13/h4-10,21H,1-3H3,(H,20,22). The van der Waals surface area contributed by atoms with Crippen molar-refractivity contribution < 1.29 is 22.0 Å². The number of aryl methyl sites for hydroxylation is 1. The minimum Gasteiger partial charge on any atom is -0.322 e. The van der Waals surface area contributed by atoms with Crippen LogP contribution in [0.25, 0.3) is 0 Å². The molecule has 0 atom stereocenters. The maximum atomic E-state index is 13.4. The van der Waals surface area contributed by atoms with Gasteiger partial charge < -0.3 is 5.32 Å². The van der Waals surface area contributed by atoms with Crippen molar-refractivity contribution in [2.75, 3.05) is 5.32 Å². The lowest BCUT2D eigenvalue weighted by Gasteiger charge is -2.11. The molecular weight excluding hydrogens is 350 g/mol. The summed E-state index contributed by atoms with van der Waals surface area (Å²) in [6, 6.07) is 7.29. The van der Waals surface area contributed by atoms with Crippen LogP contribution in [-0.2, 0) is 10.0 Å². The van der Waals surface area contributed by atoms with Crippen molar-refractivity contribution in [3.05, 3.63) is 59.2 Å². The van der Waals surface area contributed by atoms with Crippen LogP contribution in [0.5, 0.6) is 0 Å². The van der Waals surface area contributed by atoms with Crippen molar-refractivity contribution in [1.29, 1.82) is 0 Å². The highest BCUT2D eigenvalue weighted by atomic mass is 32.2. The first-order valence-electron chi connectivity index (χ1n) is 7.49. The summed E-state index contributed by atoms with van der Waals surface area (Å²) in [4.78, 5) is 12.2. The predicted molar refractivity (Wildman–Crippen MR) is 90.9 cm³/mol. The van der Waals surface area contributed by atoms with Crippen molar-refractivity contribution in [2.24, 2.45) is 0 Å². The molecule has 0 aromatic heterocycles. The van der Waals surface area contributed by atoms with Crippen LogP contribution in [0.3, 0.4) is 0 Å². The van der Waals surface area contributed by atoms with Crippen LogP contribution < -0.4 is 10.0 Å². The van der Waals surface area contributed by atoms with Gasteiger partial charge in [0.05, 0.1) is 4.90 Å². The molecule has 2 aromatic carbocycles. The van der Waals surface area contributed by atoms with Gasteiger partial charge in [0.1, 0.15) is 0 Å². The van der Waals surface area contributed by atoms with Gasteiger partial charge >= 0.3 is 0 Å². The third-order valence-corrected chi connectivity index (χ3v) is 4.92. The molecule has 0 heterocycles. The third-order valence-electron chi connectivity index (χ3n) is 3.27. The van der Waals surface area contributed by atoms with E-state index in [1.807, 2.05) is 0 Å². The molecule has 5 nitrogen and oxygen atoms in total. The van der Waals surface area contributed by atoms with E-state index in [1.54, 1.807) is 13.8 Å². The number of halogens is 2. The molecule has 0 aliphatic rings. The first-order chi connectivity index (χ1) is 11.6. The number of amides is 1. The second-order valence-corrected chi connectivity index (χ2v) is 7.56. The third kappa shape index (κ3) is 4.61. The Morgan fingerprint density at radius 3 is 2.40 bits per heavy atom. The molecule has 0 radical (unpaired) electrons. The Labute approximate surface area is 145 Å². The van der Waals surface area contributed by atoms with E-state index in [0.717, 1.165) is 6.07 Å². The van der Waals surface area contributed by atoms with E-state index in [9.17, 15) is 22.0 Å². The summed E-state index contributed by atoms with van der Waals surface area (Å²) in [6.45, 7) is 4.73. The summed E-state index contributed by atoms with van der Waals surface area (Å²) in [7, 11) is -3.75. The van der Waals surface area contributed by atoms with Crippen molar-refractivity contribution in [1.82, 2.24) is 4.72 Å². The van der Waals surface area contributed by atoms with Gasteiger partial charge in [-0.15, -0.1) is 0 Å². The lowest BCUT2D eigenvalue weighted by molar-refractivity contribution is 0.102. The number of hydrogen-bond acceptors (Lipinski definition) is 3. The van der Waals surface area contributed by atoms with Crippen molar-refractivity contribution in [3.63, 3.8) is 0 Å². The van der Waals surface area contributed by atoms with Gasteiger partial charge in [0, 0.05) is 23.4 Å². The second-order valence-electron chi connectivity index (χ2n) is 5.85. The largest absolute Gasteiger partial charge is 0.322 e. The van der Waals surface area contributed by atoms with Gasteiger partial charge in [0.25, 0.3) is 5.91 Å². The molecule has 0 saturated heterocycles. The van der Waals surface area contributed by atoms with E-state index in [4.69, 9.17) is 0 Å². The maximum absolute atomic E-state index is 13.4. The zero-order chi connectivity index (χ0) is 18.8. The highest BCUT2D eigenvalue weighted by Crippen LogP contribution is 2.19. The smallest absolute Gasteiger partial charge is 0.255 e. The number of nitrogens with one attached hydrogen (secondary N) is 2. The first kappa shape index (κ1) is 19.0. The Morgan fingerprint density at radius 2 is 1.80 bits per heavy atom. The van der Waals surface area contributed by atoms with E-state index >= 15 is 0 Å². The Morgan fingerprint density at radius 1 is 1.12 bits per heavy atom. The number of hydrogen-bond donors (Lipinski definition) is 2. The lowest BCUT2D eigenvalue weighted by Crippen LogP contribution is -2.30. The Balaban J connectivity index is 2.28. The number of rotatable bonds is 5. The number of carbonyl (C=O) groups excluding carboxylic acids is 1. The number of benzene rings is 2. The van der Waals surface area contributed by atoms with Crippen LogP contribution in [0.1, 0.15) is 29.8 Å². The van der Waals surface area contributed by atoms with Gasteiger partial charge in [-0.2, -0.15) is 0 Å². The average Bonchev–Trinajstić information content (AvgIpc) is 2.51. The Kier molecular flexibility index (Phi) is 5.54. The molecule has 2 rings (SSSR count). The van der Waals surface area contributed by atoms with Crippen molar-refractivity contribution in [3.8, 4) is 0 Å². The van der Waals surface area contributed by atoms with Crippen molar-refractivity contribution in [2.45, 2.75) is 31.7 Å².